The summed E-state index contributed by atoms with van der Waals surface area (Å²) in [5, 5.41) is 10.1. The number of rotatable bonds is 2. The Morgan fingerprint density at radius 2 is 2.11 bits per heavy atom. The molecule has 1 aromatic rings. The van der Waals surface area contributed by atoms with Crippen LogP contribution in [0.2, 0.25) is 5.02 Å². The fourth-order valence-corrected chi connectivity index (χ4v) is 1.78. The van der Waals surface area contributed by atoms with E-state index in [-0.39, 0.29) is 0 Å². The summed E-state index contributed by atoms with van der Waals surface area (Å²) in [7, 11) is 1.89. The number of benzene rings is 1. The average Bonchev–Trinajstić information content (AvgIpc) is 2.66. The Hall–Kier alpha value is -1.55. The van der Waals surface area contributed by atoms with Crippen LogP contribution >= 0.6 is 11.6 Å². The van der Waals surface area contributed by atoms with Crippen molar-refractivity contribution in [3.8, 4) is 0 Å². The number of halogens is 1. The van der Waals surface area contributed by atoms with Gasteiger partial charge in [0.25, 0.3) is 0 Å². The van der Waals surface area contributed by atoms with Crippen molar-refractivity contribution in [2.45, 2.75) is 12.8 Å². The van der Waals surface area contributed by atoms with Crippen molar-refractivity contribution in [3.05, 3.63) is 34.9 Å². The molecule has 0 aliphatic carbocycles. The predicted octanol–water partition coefficient (Wildman–Crippen LogP) is 2.35. The number of nitrogens with zero attached hydrogens (tertiary/aromatic N) is 3. The van der Waals surface area contributed by atoms with Gasteiger partial charge in [-0.15, -0.1) is 0 Å². The van der Waals surface area contributed by atoms with Gasteiger partial charge in [-0.05, 0) is 30.5 Å². The van der Waals surface area contributed by atoms with Gasteiger partial charge < -0.3 is 5.32 Å². The minimum absolute atomic E-state index is 0.732. The fraction of sp³-hybridized carbons (Fsp3) is 0.385. The molecule has 0 spiro atoms. The molecule has 0 fully saturated rings. The van der Waals surface area contributed by atoms with Crippen molar-refractivity contribution in [1.82, 2.24) is 10.3 Å². The van der Waals surface area contributed by atoms with E-state index in [0.29, 0.717) is 0 Å². The second-order valence-electron chi connectivity index (χ2n) is 4.16. The topological polar surface area (TPSA) is 40.0 Å². The van der Waals surface area contributed by atoms with Gasteiger partial charge in [-0.25, -0.2) is 5.01 Å². The van der Waals surface area contributed by atoms with E-state index in [1.165, 1.54) is 0 Å². The van der Waals surface area contributed by atoms with Gasteiger partial charge in [0.2, 0.25) is 5.96 Å². The maximum absolute atomic E-state index is 5.83. The van der Waals surface area contributed by atoms with Gasteiger partial charge in [0.1, 0.15) is 0 Å². The highest BCUT2D eigenvalue weighted by Crippen LogP contribution is 2.08. The van der Waals surface area contributed by atoms with Gasteiger partial charge in [-0.2, -0.15) is 5.10 Å². The molecule has 0 amide bonds. The number of aliphatic imine (C=N–C) groups is 1. The zero-order valence-corrected chi connectivity index (χ0v) is 11.2. The maximum atomic E-state index is 5.83. The molecule has 1 N–H and O–H groups in total. The molecule has 1 aliphatic rings. The summed E-state index contributed by atoms with van der Waals surface area (Å²) in [5.74, 6) is 0.831. The van der Waals surface area contributed by atoms with Crippen LogP contribution < -0.4 is 5.32 Å². The van der Waals surface area contributed by atoms with Crippen molar-refractivity contribution in [2.75, 3.05) is 20.1 Å². The third kappa shape index (κ3) is 3.74. The van der Waals surface area contributed by atoms with Crippen LogP contribution in [-0.2, 0) is 0 Å². The molecule has 5 heteroatoms. The lowest BCUT2D eigenvalue weighted by atomic mass is 10.2. The van der Waals surface area contributed by atoms with E-state index >= 15 is 0 Å². The highest BCUT2D eigenvalue weighted by atomic mass is 35.5. The molecular weight excluding hydrogens is 248 g/mol. The molecule has 96 valence electrons. The first-order chi connectivity index (χ1) is 8.75. The monoisotopic (exact) mass is 264 g/mol. The summed E-state index contributed by atoms with van der Waals surface area (Å²) >= 11 is 5.83. The molecule has 1 aromatic carbocycles. The molecule has 1 aliphatic heterocycles. The van der Waals surface area contributed by atoms with Crippen LogP contribution in [0.1, 0.15) is 18.4 Å². The van der Waals surface area contributed by atoms with Crippen LogP contribution in [0.3, 0.4) is 0 Å². The predicted molar refractivity (Wildman–Crippen MR) is 76.3 cm³/mol. The van der Waals surface area contributed by atoms with Crippen LogP contribution in [0.4, 0.5) is 0 Å². The minimum atomic E-state index is 0.732. The largest absolute Gasteiger partial charge is 0.355 e. The summed E-state index contributed by atoms with van der Waals surface area (Å²) in [4.78, 5) is 4.45. The minimum Gasteiger partial charge on any atom is -0.355 e. The molecular formula is C13H17ClN4. The third-order valence-electron chi connectivity index (χ3n) is 2.69. The van der Waals surface area contributed by atoms with Gasteiger partial charge in [-0.1, -0.05) is 23.7 Å². The maximum Gasteiger partial charge on any atom is 0.214 e. The molecule has 0 atom stereocenters. The molecule has 18 heavy (non-hydrogen) atoms. The lowest BCUT2D eigenvalue weighted by Crippen LogP contribution is -2.35. The fourth-order valence-electron chi connectivity index (χ4n) is 1.65. The molecule has 0 unspecified atom stereocenters. The summed E-state index contributed by atoms with van der Waals surface area (Å²) < 4.78 is 0. The van der Waals surface area contributed by atoms with Gasteiger partial charge in [0.15, 0.2) is 0 Å². The first-order valence-electron chi connectivity index (χ1n) is 6.07. The second kappa shape index (κ2) is 6.40. The molecule has 0 saturated carbocycles. The van der Waals surface area contributed by atoms with Gasteiger partial charge in [-0.3, -0.25) is 4.99 Å². The number of hydrogen-bond acceptors (Lipinski definition) is 4. The summed E-state index contributed by atoms with van der Waals surface area (Å²) in [5.41, 5.74) is 1.01. The Morgan fingerprint density at radius 1 is 1.33 bits per heavy atom. The Bertz CT molecular complexity index is 439. The number of hydrazone groups is 1. The highest BCUT2D eigenvalue weighted by Gasteiger charge is 2.06. The number of hydrogen-bond donors (Lipinski definition) is 1. The third-order valence-corrected chi connectivity index (χ3v) is 2.94. The van der Waals surface area contributed by atoms with E-state index in [1.54, 1.807) is 11.2 Å². The first-order valence-corrected chi connectivity index (χ1v) is 6.45. The van der Waals surface area contributed by atoms with E-state index in [4.69, 9.17) is 11.6 Å². The van der Waals surface area contributed by atoms with Gasteiger partial charge in [0.05, 0.1) is 6.21 Å². The number of guanidine groups is 1. The Morgan fingerprint density at radius 3 is 2.89 bits per heavy atom. The van der Waals surface area contributed by atoms with Crippen molar-refractivity contribution in [1.29, 1.82) is 0 Å². The van der Waals surface area contributed by atoms with Crippen LogP contribution in [0, 0.1) is 0 Å². The normalized spacial score (nSPS) is 16.0. The molecule has 2 rings (SSSR count). The van der Waals surface area contributed by atoms with E-state index in [2.05, 4.69) is 15.4 Å². The van der Waals surface area contributed by atoms with E-state index < -0.39 is 0 Å². The Labute approximate surface area is 112 Å². The van der Waals surface area contributed by atoms with Crippen LogP contribution in [0.25, 0.3) is 0 Å². The molecule has 0 bridgehead atoms. The summed E-state index contributed by atoms with van der Waals surface area (Å²) in [6.45, 7) is 1.82. The lowest BCUT2D eigenvalue weighted by molar-refractivity contribution is 0.521. The smallest absolute Gasteiger partial charge is 0.214 e. The summed E-state index contributed by atoms with van der Waals surface area (Å²) in [6.07, 6.45) is 4.08. The zero-order chi connectivity index (χ0) is 12.8. The van der Waals surface area contributed by atoms with E-state index in [9.17, 15) is 0 Å². The Kier molecular flexibility index (Phi) is 4.59. The van der Waals surface area contributed by atoms with E-state index in [0.717, 1.165) is 42.5 Å². The molecule has 1 heterocycles. The quantitative estimate of drug-likeness (QED) is 0.658. The van der Waals surface area contributed by atoms with Crippen LogP contribution in [0.5, 0.6) is 0 Å². The van der Waals surface area contributed by atoms with Crippen molar-refractivity contribution >= 4 is 23.8 Å². The number of nitrogens with one attached hydrogen (secondary N) is 1. The lowest BCUT2D eigenvalue weighted by Gasteiger charge is -2.15. The Balaban J connectivity index is 1.99. The van der Waals surface area contributed by atoms with Crippen molar-refractivity contribution in [2.24, 2.45) is 10.1 Å². The molecule has 0 saturated heterocycles. The highest BCUT2D eigenvalue weighted by molar-refractivity contribution is 6.30. The molecule has 0 radical (unpaired) electrons. The van der Waals surface area contributed by atoms with Crippen molar-refractivity contribution in [3.63, 3.8) is 0 Å². The SMILES string of the molecule is CN(/N=C\c1ccc(Cl)cc1)C1=NCCCCN1. The van der Waals surface area contributed by atoms with Crippen LogP contribution in [-0.4, -0.2) is 37.3 Å². The average molecular weight is 265 g/mol. The van der Waals surface area contributed by atoms with Crippen LogP contribution in [0.15, 0.2) is 34.4 Å². The second-order valence-corrected chi connectivity index (χ2v) is 4.60. The van der Waals surface area contributed by atoms with E-state index in [1.807, 2.05) is 31.3 Å². The van der Waals surface area contributed by atoms with Gasteiger partial charge >= 0.3 is 0 Å². The first kappa shape index (κ1) is 12.9. The standard InChI is InChI=1S/C13H17ClN4/c1-18(13-15-8-2-3-9-16-13)17-10-11-4-6-12(14)7-5-11/h4-7,10H,2-3,8-9H2,1H3,(H,15,16)/b17-10-. The van der Waals surface area contributed by atoms with Crippen molar-refractivity contribution < 1.29 is 0 Å². The van der Waals surface area contributed by atoms with Gasteiger partial charge in [0, 0.05) is 25.2 Å². The molecule has 4 nitrogen and oxygen atoms in total. The zero-order valence-electron chi connectivity index (χ0n) is 10.4. The summed E-state index contributed by atoms with van der Waals surface area (Å²) in [6, 6.07) is 7.57. The molecule has 0 aromatic heterocycles.